The molecule has 0 aliphatic carbocycles. The van der Waals surface area contributed by atoms with Crippen LogP contribution in [0.2, 0.25) is 0 Å². The summed E-state index contributed by atoms with van der Waals surface area (Å²) in [6.45, 7) is 0.116. The highest BCUT2D eigenvalue weighted by Gasteiger charge is 2.08. The molecule has 3 aromatic rings. The summed E-state index contributed by atoms with van der Waals surface area (Å²) in [5.41, 5.74) is 1.93. The standard InChI is InChI=1S/C20H20N2O3S2/c23-18(21-13-19(24)25-14-15-7-2-1-3-8-15)11-6-12-26-20-22-16-9-4-5-10-17(16)27-20/h1-5,7-10H,6,11-14H2,(H,21,23). The summed E-state index contributed by atoms with van der Waals surface area (Å²) in [5.74, 6) is 0.235. The van der Waals surface area contributed by atoms with Crippen LogP contribution < -0.4 is 5.32 Å². The van der Waals surface area contributed by atoms with Crippen LogP contribution in [0.25, 0.3) is 10.2 Å². The number of hydrogen-bond donors (Lipinski definition) is 1. The number of thioether (sulfide) groups is 1. The van der Waals surface area contributed by atoms with Gasteiger partial charge in [-0.15, -0.1) is 11.3 Å². The minimum Gasteiger partial charge on any atom is -0.460 e. The lowest BCUT2D eigenvalue weighted by atomic mass is 10.2. The summed E-state index contributed by atoms with van der Waals surface area (Å²) in [7, 11) is 0. The van der Waals surface area contributed by atoms with Crippen LogP contribution in [0.15, 0.2) is 58.9 Å². The van der Waals surface area contributed by atoms with Gasteiger partial charge in [0.2, 0.25) is 5.91 Å². The third kappa shape index (κ3) is 6.37. The van der Waals surface area contributed by atoms with Crippen LogP contribution >= 0.6 is 23.1 Å². The Hall–Kier alpha value is -2.38. The molecular weight excluding hydrogens is 380 g/mol. The van der Waals surface area contributed by atoms with Gasteiger partial charge in [0.1, 0.15) is 13.2 Å². The van der Waals surface area contributed by atoms with Crippen LogP contribution in [0.1, 0.15) is 18.4 Å². The first-order chi connectivity index (χ1) is 13.2. The van der Waals surface area contributed by atoms with Crippen molar-refractivity contribution in [2.75, 3.05) is 12.3 Å². The maximum Gasteiger partial charge on any atom is 0.325 e. The van der Waals surface area contributed by atoms with Gasteiger partial charge >= 0.3 is 5.97 Å². The van der Waals surface area contributed by atoms with E-state index >= 15 is 0 Å². The van der Waals surface area contributed by atoms with Crippen molar-refractivity contribution >= 4 is 45.2 Å². The first-order valence-corrected chi connectivity index (χ1v) is 10.5. The van der Waals surface area contributed by atoms with Crippen LogP contribution in [-0.2, 0) is 20.9 Å². The fourth-order valence-electron chi connectivity index (χ4n) is 2.35. The van der Waals surface area contributed by atoms with E-state index in [1.165, 1.54) is 4.70 Å². The van der Waals surface area contributed by atoms with Crippen LogP contribution in [-0.4, -0.2) is 29.2 Å². The first kappa shape index (κ1) is 19.4. The van der Waals surface area contributed by atoms with Crippen molar-refractivity contribution in [3.05, 3.63) is 60.2 Å². The molecule has 0 fully saturated rings. The second-order valence-electron chi connectivity index (χ2n) is 5.82. The van der Waals surface area contributed by atoms with E-state index in [1.54, 1.807) is 23.1 Å². The summed E-state index contributed by atoms with van der Waals surface area (Å²) in [6, 6.07) is 17.5. The molecule has 0 spiro atoms. The SMILES string of the molecule is O=C(CCCSc1nc2ccccc2s1)NCC(=O)OCc1ccccc1. The monoisotopic (exact) mass is 400 g/mol. The minimum absolute atomic E-state index is 0.101. The smallest absolute Gasteiger partial charge is 0.325 e. The zero-order valence-corrected chi connectivity index (χ0v) is 16.4. The molecule has 5 nitrogen and oxygen atoms in total. The van der Waals surface area contributed by atoms with Gasteiger partial charge in [-0.1, -0.05) is 54.2 Å². The molecule has 1 aromatic heterocycles. The average Bonchev–Trinajstić information content (AvgIpc) is 3.12. The van der Waals surface area contributed by atoms with Gasteiger partial charge in [0, 0.05) is 12.2 Å². The molecule has 0 saturated carbocycles. The number of ether oxygens (including phenoxy) is 1. The Bertz CT molecular complexity index is 863. The van der Waals surface area contributed by atoms with Crippen LogP contribution in [0, 0.1) is 0 Å². The molecule has 0 unspecified atom stereocenters. The maximum atomic E-state index is 11.8. The van der Waals surface area contributed by atoms with Gasteiger partial charge in [-0.25, -0.2) is 4.98 Å². The number of thiazole rings is 1. The predicted octanol–water partition coefficient (Wildman–Crippen LogP) is 4.03. The number of nitrogens with zero attached hydrogens (tertiary/aromatic N) is 1. The van der Waals surface area contributed by atoms with Crippen molar-refractivity contribution in [1.82, 2.24) is 10.3 Å². The fraction of sp³-hybridized carbons (Fsp3) is 0.250. The number of carbonyl (C=O) groups excluding carboxylic acids is 2. The quantitative estimate of drug-likeness (QED) is 0.334. The number of aromatic nitrogens is 1. The van der Waals surface area contributed by atoms with Gasteiger partial charge in [0.25, 0.3) is 0 Å². The maximum absolute atomic E-state index is 11.8. The molecule has 2 aromatic carbocycles. The predicted molar refractivity (Wildman–Crippen MR) is 109 cm³/mol. The Labute approximate surface area is 166 Å². The van der Waals surface area contributed by atoms with E-state index in [-0.39, 0.29) is 19.1 Å². The Morgan fingerprint density at radius 2 is 1.85 bits per heavy atom. The van der Waals surface area contributed by atoms with E-state index in [2.05, 4.69) is 16.4 Å². The van der Waals surface area contributed by atoms with E-state index < -0.39 is 5.97 Å². The van der Waals surface area contributed by atoms with E-state index in [4.69, 9.17) is 4.74 Å². The van der Waals surface area contributed by atoms with Crippen molar-refractivity contribution < 1.29 is 14.3 Å². The molecule has 7 heteroatoms. The lowest BCUT2D eigenvalue weighted by molar-refractivity contribution is -0.145. The second kappa shape index (κ2) is 10.1. The Kier molecular flexibility index (Phi) is 7.24. The van der Waals surface area contributed by atoms with Gasteiger partial charge in [0.05, 0.1) is 10.2 Å². The zero-order valence-electron chi connectivity index (χ0n) is 14.7. The van der Waals surface area contributed by atoms with Gasteiger partial charge in [-0.3, -0.25) is 9.59 Å². The Balaban J connectivity index is 1.28. The first-order valence-electron chi connectivity index (χ1n) is 8.65. The molecule has 1 N–H and O–H groups in total. The van der Waals surface area contributed by atoms with Crippen LogP contribution in [0.3, 0.4) is 0 Å². The van der Waals surface area contributed by atoms with E-state index in [1.807, 2.05) is 48.5 Å². The number of amides is 1. The van der Waals surface area contributed by atoms with Crippen molar-refractivity contribution in [1.29, 1.82) is 0 Å². The van der Waals surface area contributed by atoms with Gasteiger partial charge < -0.3 is 10.1 Å². The van der Waals surface area contributed by atoms with Crippen molar-refractivity contribution in [2.24, 2.45) is 0 Å². The Morgan fingerprint density at radius 3 is 2.67 bits per heavy atom. The number of para-hydroxylation sites is 1. The zero-order chi connectivity index (χ0) is 18.9. The molecule has 0 atom stereocenters. The lowest BCUT2D eigenvalue weighted by Crippen LogP contribution is -2.30. The second-order valence-corrected chi connectivity index (χ2v) is 8.20. The topological polar surface area (TPSA) is 68.3 Å². The molecule has 1 amide bonds. The molecular formula is C20H20N2O3S2. The number of esters is 1. The molecule has 0 saturated heterocycles. The molecule has 1 heterocycles. The highest BCUT2D eigenvalue weighted by Crippen LogP contribution is 2.29. The summed E-state index contributed by atoms with van der Waals surface area (Å²) >= 11 is 3.32. The van der Waals surface area contributed by atoms with Crippen LogP contribution in [0.4, 0.5) is 0 Å². The molecule has 0 radical (unpaired) electrons. The summed E-state index contributed by atoms with van der Waals surface area (Å²) in [5, 5.41) is 2.60. The largest absolute Gasteiger partial charge is 0.460 e. The van der Waals surface area contributed by atoms with E-state index in [9.17, 15) is 9.59 Å². The Morgan fingerprint density at radius 1 is 1.07 bits per heavy atom. The van der Waals surface area contributed by atoms with E-state index in [0.717, 1.165) is 27.6 Å². The summed E-state index contributed by atoms with van der Waals surface area (Å²) in [4.78, 5) is 28.1. The average molecular weight is 401 g/mol. The molecule has 0 aliphatic rings. The number of benzene rings is 2. The summed E-state index contributed by atoms with van der Waals surface area (Å²) in [6.07, 6.45) is 1.11. The fourth-order valence-corrected chi connectivity index (χ4v) is 4.43. The number of fused-ring (bicyclic) bond motifs is 1. The van der Waals surface area contributed by atoms with Gasteiger partial charge in [-0.05, 0) is 24.1 Å². The summed E-state index contributed by atoms with van der Waals surface area (Å²) < 4.78 is 7.31. The van der Waals surface area contributed by atoms with Crippen molar-refractivity contribution in [2.45, 2.75) is 23.8 Å². The third-order valence-electron chi connectivity index (χ3n) is 3.72. The van der Waals surface area contributed by atoms with Crippen molar-refractivity contribution in [3.63, 3.8) is 0 Å². The van der Waals surface area contributed by atoms with Gasteiger partial charge in [-0.2, -0.15) is 0 Å². The number of carbonyl (C=O) groups is 2. The highest BCUT2D eigenvalue weighted by molar-refractivity contribution is 8.01. The third-order valence-corrected chi connectivity index (χ3v) is 5.99. The number of nitrogens with one attached hydrogen (secondary N) is 1. The van der Waals surface area contributed by atoms with E-state index in [0.29, 0.717) is 6.42 Å². The molecule has 0 bridgehead atoms. The molecule has 0 aliphatic heterocycles. The van der Waals surface area contributed by atoms with Crippen molar-refractivity contribution in [3.8, 4) is 0 Å². The molecule has 3 rings (SSSR count). The number of hydrogen-bond acceptors (Lipinski definition) is 6. The van der Waals surface area contributed by atoms with Crippen LogP contribution in [0.5, 0.6) is 0 Å². The molecule has 27 heavy (non-hydrogen) atoms. The number of rotatable bonds is 9. The minimum atomic E-state index is -0.434. The van der Waals surface area contributed by atoms with Gasteiger partial charge in [0.15, 0.2) is 4.34 Å². The lowest BCUT2D eigenvalue weighted by Gasteiger charge is -2.06. The molecule has 140 valence electrons. The normalized spacial score (nSPS) is 10.7. The highest BCUT2D eigenvalue weighted by atomic mass is 32.2.